The lowest BCUT2D eigenvalue weighted by Crippen LogP contribution is -2.36. The molecule has 1 rings (SSSR count). The summed E-state index contributed by atoms with van der Waals surface area (Å²) < 4.78 is 75.4. The molecule has 3 N–H and O–H groups in total. The zero-order chi connectivity index (χ0) is 15.7. The van der Waals surface area contributed by atoms with Gasteiger partial charge in [0, 0.05) is 12.7 Å². The third-order valence-corrected chi connectivity index (χ3v) is 2.55. The van der Waals surface area contributed by atoms with Gasteiger partial charge in [-0.15, -0.1) is 0 Å². The van der Waals surface area contributed by atoms with Crippen LogP contribution in [0.15, 0.2) is 18.2 Å². The first-order valence-corrected chi connectivity index (χ1v) is 5.41. The van der Waals surface area contributed by atoms with E-state index in [1.807, 2.05) is 0 Å². The second-order valence-electron chi connectivity index (χ2n) is 3.84. The Labute approximate surface area is 115 Å². The minimum absolute atomic E-state index is 0.0282. The van der Waals surface area contributed by atoms with Gasteiger partial charge in [0.15, 0.2) is 5.11 Å². The molecule has 0 fully saturated rings. The van der Waals surface area contributed by atoms with Crippen molar-refractivity contribution in [1.82, 2.24) is 5.01 Å². The SMILES string of the molecule is CN(N)C(=S)Nc1cc(C(F)(F)F)cc(C(F)(F)F)c1. The first kappa shape index (κ1) is 16.5. The van der Waals surface area contributed by atoms with Gasteiger partial charge in [-0.3, -0.25) is 5.01 Å². The second kappa shape index (κ2) is 5.44. The van der Waals surface area contributed by atoms with Crippen molar-refractivity contribution >= 4 is 23.0 Å². The molecule has 0 bridgehead atoms. The van der Waals surface area contributed by atoms with Crippen LogP contribution < -0.4 is 11.2 Å². The minimum Gasteiger partial charge on any atom is -0.332 e. The predicted octanol–water partition coefficient (Wildman–Crippen LogP) is 3.23. The van der Waals surface area contributed by atoms with Crippen LogP contribution in [0.25, 0.3) is 0 Å². The van der Waals surface area contributed by atoms with Crippen LogP contribution in [-0.4, -0.2) is 17.2 Å². The van der Waals surface area contributed by atoms with Crippen molar-refractivity contribution in [1.29, 1.82) is 0 Å². The van der Waals surface area contributed by atoms with Crippen molar-refractivity contribution in [3.63, 3.8) is 0 Å². The zero-order valence-corrected chi connectivity index (χ0v) is 10.7. The first-order valence-electron chi connectivity index (χ1n) is 5.00. The molecule has 0 spiro atoms. The molecule has 0 aliphatic carbocycles. The van der Waals surface area contributed by atoms with Gasteiger partial charge in [-0.1, -0.05) is 0 Å². The van der Waals surface area contributed by atoms with E-state index in [1.165, 1.54) is 7.05 Å². The largest absolute Gasteiger partial charge is 0.416 e. The summed E-state index contributed by atoms with van der Waals surface area (Å²) in [6.45, 7) is 0. The van der Waals surface area contributed by atoms with Crippen molar-refractivity contribution < 1.29 is 26.3 Å². The number of thiocarbonyl (C=S) groups is 1. The maximum absolute atomic E-state index is 12.6. The number of nitrogens with two attached hydrogens (primary N) is 1. The normalized spacial score (nSPS) is 12.2. The Hall–Kier alpha value is -1.55. The van der Waals surface area contributed by atoms with Gasteiger partial charge in [0.05, 0.1) is 11.1 Å². The number of nitrogens with one attached hydrogen (secondary N) is 1. The number of anilines is 1. The maximum Gasteiger partial charge on any atom is 0.416 e. The number of rotatable bonds is 1. The average Bonchev–Trinajstić information content (AvgIpc) is 2.26. The molecule has 0 heterocycles. The molecular formula is C10H9F6N3S. The van der Waals surface area contributed by atoms with Gasteiger partial charge in [-0.05, 0) is 30.4 Å². The molecule has 3 nitrogen and oxygen atoms in total. The third-order valence-electron chi connectivity index (χ3n) is 2.16. The van der Waals surface area contributed by atoms with E-state index in [0.717, 1.165) is 5.01 Å². The van der Waals surface area contributed by atoms with Crippen LogP contribution in [0.3, 0.4) is 0 Å². The van der Waals surface area contributed by atoms with Gasteiger partial charge < -0.3 is 5.32 Å². The summed E-state index contributed by atoms with van der Waals surface area (Å²) in [4.78, 5) is 0. The molecule has 0 saturated carbocycles. The van der Waals surface area contributed by atoms with Crippen LogP contribution >= 0.6 is 12.2 Å². The summed E-state index contributed by atoms with van der Waals surface area (Å²) in [6, 6.07) is 1.07. The van der Waals surface area contributed by atoms with Crippen LogP contribution in [0.1, 0.15) is 11.1 Å². The molecule has 0 amide bonds. The number of nitrogens with zero attached hydrogens (tertiary/aromatic N) is 1. The van der Waals surface area contributed by atoms with E-state index in [0.29, 0.717) is 12.1 Å². The fourth-order valence-electron chi connectivity index (χ4n) is 1.24. The summed E-state index contributed by atoms with van der Waals surface area (Å²) in [7, 11) is 1.29. The summed E-state index contributed by atoms with van der Waals surface area (Å²) in [5, 5.41) is 2.82. The molecule has 0 saturated heterocycles. The molecule has 0 aliphatic heterocycles. The third kappa shape index (κ3) is 4.23. The number of alkyl halides is 6. The summed E-state index contributed by atoms with van der Waals surface area (Å²) in [6.07, 6.45) is -9.82. The number of benzene rings is 1. The lowest BCUT2D eigenvalue weighted by Gasteiger charge is -2.18. The van der Waals surface area contributed by atoms with Crippen molar-refractivity contribution in [2.45, 2.75) is 12.4 Å². The topological polar surface area (TPSA) is 41.3 Å². The molecule has 0 atom stereocenters. The van der Waals surface area contributed by atoms with Gasteiger partial charge in [0.25, 0.3) is 0 Å². The number of hydrazine groups is 1. The lowest BCUT2D eigenvalue weighted by molar-refractivity contribution is -0.143. The highest BCUT2D eigenvalue weighted by molar-refractivity contribution is 7.80. The highest BCUT2D eigenvalue weighted by Gasteiger charge is 2.37. The van der Waals surface area contributed by atoms with Crippen LogP contribution in [-0.2, 0) is 12.4 Å². The van der Waals surface area contributed by atoms with E-state index in [1.54, 1.807) is 0 Å². The van der Waals surface area contributed by atoms with E-state index < -0.39 is 29.2 Å². The van der Waals surface area contributed by atoms with E-state index in [9.17, 15) is 26.3 Å². The van der Waals surface area contributed by atoms with Gasteiger partial charge in [-0.25, -0.2) is 5.84 Å². The highest BCUT2D eigenvalue weighted by atomic mass is 32.1. The molecule has 1 aromatic rings. The fourth-order valence-corrected chi connectivity index (χ4v) is 1.36. The molecule has 10 heteroatoms. The Morgan fingerprint density at radius 2 is 1.45 bits per heavy atom. The lowest BCUT2D eigenvalue weighted by atomic mass is 10.1. The Kier molecular flexibility index (Phi) is 4.49. The molecule has 0 radical (unpaired) electrons. The molecule has 0 aromatic heterocycles. The molecular weight excluding hydrogens is 308 g/mol. The molecule has 112 valence electrons. The summed E-state index contributed by atoms with van der Waals surface area (Å²) in [5.74, 6) is 5.22. The van der Waals surface area contributed by atoms with Crippen LogP contribution in [0.4, 0.5) is 32.0 Å². The Bertz CT molecular complexity index is 476. The highest BCUT2D eigenvalue weighted by Crippen LogP contribution is 2.37. The number of hydrogen-bond donors (Lipinski definition) is 2. The Morgan fingerprint density at radius 1 is 1.05 bits per heavy atom. The monoisotopic (exact) mass is 317 g/mol. The standard InChI is InChI=1S/C10H9F6N3S/c1-19(17)8(20)18-7-3-5(9(11,12)13)2-6(4-7)10(14,15)16/h2-4H,17H2,1H3,(H,18,20). The maximum atomic E-state index is 12.6. The zero-order valence-electron chi connectivity index (χ0n) is 9.93. The minimum atomic E-state index is -4.91. The van der Waals surface area contributed by atoms with Gasteiger partial charge in [-0.2, -0.15) is 26.3 Å². The number of halogens is 6. The number of hydrogen-bond acceptors (Lipinski definition) is 2. The predicted molar refractivity (Wildman–Crippen MR) is 64.6 cm³/mol. The molecule has 20 heavy (non-hydrogen) atoms. The van der Waals surface area contributed by atoms with Gasteiger partial charge >= 0.3 is 12.4 Å². The Morgan fingerprint density at radius 3 is 1.75 bits per heavy atom. The Balaban J connectivity index is 3.28. The van der Waals surface area contributed by atoms with E-state index in [-0.39, 0.29) is 11.2 Å². The molecule has 0 aliphatic rings. The van der Waals surface area contributed by atoms with Gasteiger partial charge in [0.1, 0.15) is 0 Å². The van der Waals surface area contributed by atoms with Crippen molar-refractivity contribution in [2.24, 2.45) is 5.84 Å². The van der Waals surface area contributed by atoms with Crippen LogP contribution in [0.2, 0.25) is 0 Å². The van der Waals surface area contributed by atoms with Crippen molar-refractivity contribution in [2.75, 3.05) is 12.4 Å². The van der Waals surface area contributed by atoms with Crippen LogP contribution in [0.5, 0.6) is 0 Å². The molecule has 0 unspecified atom stereocenters. The van der Waals surface area contributed by atoms with E-state index in [2.05, 4.69) is 17.5 Å². The van der Waals surface area contributed by atoms with Crippen molar-refractivity contribution in [3.05, 3.63) is 29.3 Å². The first-order chi connectivity index (χ1) is 8.91. The fraction of sp³-hybridized carbons (Fsp3) is 0.300. The van der Waals surface area contributed by atoms with E-state index >= 15 is 0 Å². The van der Waals surface area contributed by atoms with Crippen molar-refractivity contribution in [3.8, 4) is 0 Å². The second-order valence-corrected chi connectivity index (χ2v) is 4.22. The average molecular weight is 317 g/mol. The quantitative estimate of drug-likeness (QED) is 0.361. The summed E-state index contributed by atoms with van der Waals surface area (Å²) in [5.41, 5.74) is -3.32. The van der Waals surface area contributed by atoms with Crippen LogP contribution in [0, 0.1) is 0 Å². The summed E-state index contributed by atoms with van der Waals surface area (Å²) >= 11 is 4.66. The smallest absolute Gasteiger partial charge is 0.332 e. The van der Waals surface area contributed by atoms with Gasteiger partial charge in [0.2, 0.25) is 0 Å². The molecule has 1 aromatic carbocycles. The van der Waals surface area contributed by atoms with E-state index in [4.69, 9.17) is 5.84 Å².